The third-order valence-corrected chi connectivity index (χ3v) is 5.38. The van der Waals surface area contributed by atoms with Crippen LogP contribution in [0.15, 0.2) is 24.3 Å². The summed E-state index contributed by atoms with van der Waals surface area (Å²) in [6.45, 7) is 5.16. The van der Waals surface area contributed by atoms with Crippen LogP contribution in [-0.4, -0.2) is 37.7 Å². The molecule has 1 aliphatic heterocycles. The Morgan fingerprint density at radius 3 is 2.78 bits per heavy atom. The first-order valence-electron chi connectivity index (χ1n) is 9.57. The normalized spacial score (nSPS) is 24.4. The van der Waals surface area contributed by atoms with Crippen molar-refractivity contribution >= 4 is 18.0 Å². The van der Waals surface area contributed by atoms with Crippen molar-refractivity contribution in [2.45, 2.75) is 39.2 Å². The number of fused-ring (bicyclic) bond motifs is 1. The number of ether oxygens (including phenoxy) is 3. The van der Waals surface area contributed by atoms with Crippen LogP contribution in [-0.2, 0) is 14.3 Å². The predicted molar refractivity (Wildman–Crippen MR) is 102 cm³/mol. The van der Waals surface area contributed by atoms with Crippen LogP contribution in [0.3, 0.4) is 0 Å². The van der Waals surface area contributed by atoms with E-state index in [9.17, 15) is 9.59 Å². The molecule has 1 heterocycles. The summed E-state index contributed by atoms with van der Waals surface area (Å²) in [5.41, 5.74) is 0.797. The Hall–Kier alpha value is -2.50. The van der Waals surface area contributed by atoms with Crippen LogP contribution in [0.5, 0.6) is 11.5 Å². The first-order valence-corrected chi connectivity index (χ1v) is 9.57. The molecule has 6 heteroatoms. The lowest BCUT2D eigenvalue weighted by atomic mass is 9.78. The second-order valence-electron chi connectivity index (χ2n) is 7.29. The molecule has 27 heavy (non-hydrogen) atoms. The number of nitrogens with one attached hydrogen (secondary N) is 1. The van der Waals surface area contributed by atoms with Crippen molar-refractivity contribution in [2.24, 2.45) is 11.8 Å². The zero-order valence-electron chi connectivity index (χ0n) is 15.9. The Balaban J connectivity index is 1.45. The van der Waals surface area contributed by atoms with Crippen molar-refractivity contribution in [3.8, 4) is 11.5 Å². The molecular weight excluding hydrogens is 346 g/mol. The number of amides is 1. The monoisotopic (exact) mass is 373 g/mol. The van der Waals surface area contributed by atoms with Crippen molar-refractivity contribution in [2.75, 3.05) is 19.8 Å². The minimum atomic E-state index is -0.551. The van der Waals surface area contributed by atoms with Gasteiger partial charge in [-0.1, -0.05) is 32.8 Å². The van der Waals surface area contributed by atoms with E-state index in [1.807, 2.05) is 6.07 Å². The van der Waals surface area contributed by atoms with Gasteiger partial charge in [0, 0.05) is 12.1 Å². The van der Waals surface area contributed by atoms with Crippen molar-refractivity contribution in [3.63, 3.8) is 0 Å². The maximum absolute atomic E-state index is 12.1. The number of benzene rings is 1. The van der Waals surface area contributed by atoms with Crippen LogP contribution < -0.4 is 14.8 Å². The molecule has 0 radical (unpaired) electrons. The lowest BCUT2D eigenvalue weighted by Crippen LogP contribution is -2.45. The first-order chi connectivity index (χ1) is 13.0. The lowest BCUT2D eigenvalue weighted by molar-refractivity contribution is -0.144. The molecule has 3 atom stereocenters. The van der Waals surface area contributed by atoms with Gasteiger partial charge in [-0.2, -0.15) is 0 Å². The molecule has 146 valence electrons. The molecule has 1 amide bonds. The Morgan fingerprint density at radius 1 is 1.19 bits per heavy atom. The molecule has 1 aromatic carbocycles. The van der Waals surface area contributed by atoms with E-state index in [4.69, 9.17) is 14.2 Å². The zero-order chi connectivity index (χ0) is 19.2. The average molecular weight is 373 g/mol. The fourth-order valence-electron chi connectivity index (χ4n) is 3.55. The molecule has 1 N–H and O–H groups in total. The van der Waals surface area contributed by atoms with Crippen molar-refractivity contribution in [1.29, 1.82) is 0 Å². The molecule has 2 aliphatic rings. The molecule has 1 fully saturated rings. The van der Waals surface area contributed by atoms with E-state index in [1.54, 1.807) is 18.2 Å². The van der Waals surface area contributed by atoms with Gasteiger partial charge in [-0.15, -0.1) is 0 Å². The Labute approximate surface area is 159 Å². The van der Waals surface area contributed by atoms with Crippen molar-refractivity contribution in [3.05, 3.63) is 29.8 Å². The number of esters is 1. The molecule has 6 nitrogen and oxygen atoms in total. The SMILES string of the molecule is C[C@@H]1[C@H](C)CCC[C@@H]1NC(=O)COC(=O)/C=C/c1ccc2c(c1)OCCO2. The highest BCUT2D eigenvalue weighted by Crippen LogP contribution is 2.31. The molecule has 3 rings (SSSR count). The van der Waals surface area contributed by atoms with E-state index in [0.717, 1.165) is 18.4 Å². The summed E-state index contributed by atoms with van der Waals surface area (Å²) in [4.78, 5) is 23.9. The highest BCUT2D eigenvalue weighted by molar-refractivity contribution is 5.89. The van der Waals surface area contributed by atoms with E-state index in [1.165, 1.54) is 12.5 Å². The minimum absolute atomic E-state index is 0.160. The highest BCUT2D eigenvalue weighted by Gasteiger charge is 2.28. The topological polar surface area (TPSA) is 73.9 Å². The van der Waals surface area contributed by atoms with Crippen molar-refractivity contribution in [1.82, 2.24) is 5.32 Å². The van der Waals surface area contributed by atoms with E-state index in [0.29, 0.717) is 36.5 Å². The highest BCUT2D eigenvalue weighted by atomic mass is 16.6. The molecule has 0 bridgehead atoms. The molecule has 1 saturated carbocycles. The number of carbonyl (C=O) groups excluding carboxylic acids is 2. The Bertz CT molecular complexity index is 715. The summed E-state index contributed by atoms with van der Waals surface area (Å²) in [5.74, 6) is 1.59. The van der Waals surface area contributed by atoms with E-state index >= 15 is 0 Å². The van der Waals surface area contributed by atoms with Gasteiger partial charge in [0.15, 0.2) is 18.1 Å². The van der Waals surface area contributed by atoms with Gasteiger partial charge in [-0.3, -0.25) is 4.79 Å². The zero-order valence-corrected chi connectivity index (χ0v) is 15.9. The van der Waals surface area contributed by atoms with Gasteiger partial charge in [0.25, 0.3) is 5.91 Å². The summed E-state index contributed by atoms with van der Waals surface area (Å²) < 4.78 is 16.0. The molecular formula is C21H27NO5. The largest absolute Gasteiger partial charge is 0.486 e. The molecule has 0 spiro atoms. The van der Waals surface area contributed by atoms with E-state index in [2.05, 4.69) is 19.2 Å². The van der Waals surface area contributed by atoms with Gasteiger partial charge in [-0.05, 0) is 42.0 Å². The standard InChI is InChI=1S/C21H27NO5/c1-14-4-3-5-17(15(14)2)22-20(23)13-27-21(24)9-7-16-6-8-18-19(12-16)26-11-10-25-18/h6-9,12,14-15,17H,3-5,10-11,13H2,1-2H3,(H,22,23)/b9-7+/t14-,15-,17+/m1/s1. The fourth-order valence-corrected chi connectivity index (χ4v) is 3.55. The predicted octanol–water partition coefficient (Wildman–Crippen LogP) is 2.96. The van der Waals surface area contributed by atoms with Gasteiger partial charge >= 0.3 is 5.97 Å². The van der Waals surface area contributed by atoms with Gasteiger partial charge in [0.05, 0.1) is 0 Å². The quantitative estimate of drug-likeness (QED) is 0.634. The van der Waals surface area contributed by atoms with Crippen LogP contribution in [0.2, 0.25) is 0 Å². The molecule has 1 aliphatic carbocycles. The minimum Gasteiger partial charge on any atom is -0.486 e. The third-order valence-electron chi connectivity index (χ3n) is 5.38. The number of carbonyl (C=O) groups is 2. The van der Waals surface area contributed by atoms with Gasteiger partial charge in [0.2, 0.25) is 0 Å². The fraction of sp³-hybridized carbons (Fsp3) is 0.524. The summed E-state index contributed by atoms with van der Waals surface area (Å²) in [5, 5.41) is 2.99. The summed E-state index contributed by atoms with van der Waals surface area (Å²) in [7, 11) is 0. The van der Waals surface area contributed by atoms with Crippen LogP contribution >= 0.6 is 0 Å². The molecule has 0 saturated heterocycles. The van der Waals surface area contributed by atoms with Gasteiger partial charge in [-0.25, -0.2) is 4.79 Å². The van der Waals surface area contributed by atoms with E-state index in [-0.39, 0.29) is 18.6 Å². The average Bonchev–Trinajstić information content (AvgIpc) is 2.68. The lowest BCUT2D eigenvalue weighted by Gasteiger charge is -2.34. The summed E-state index contributed by atoms with van der Waals surface area (Å²) in [6.07, 6.45) is 6.24. The second-order valence-corrected chi connectivity index (χ2v) is 7.29. The first kappa shape index (κ1) is 19.3. The van der Waals surface area contributed by atoms with E-state index < -0.39 is 5.97 Å². The molecule has 0 aromatic heterocycles. The number of hydrogen-bond acceptors (Lipinski definition) is 5. The van der Waals surface area contributed by atoms with Crippen LogP contribution in [0.4, 0.5) is 0 Å². The molecule has 1 aromatic rings. The second kappa shape index (κ2) is 8.93. The van der Waals surface area contributed by atoms with Crippen LogP contribution in [0.1, 0.15) is 38.7 Å². The Morgan fingerprint density at radius 2 is 1.96 bits per heavy atom. The smallest absolute Gasteiger partial charge is 0.331 e. The van der Waals surface area contributed by atoms with Gasteiger partial charge in [0.1, 0.15) is 13.2 Å². The number of rotatable bonds is 5. The summed E-state index contributed by atoms with van der Waals surface area (Å²) >= 11 is 0. The number of hydrogen-bond donors (Lipinski definition) is 1. The van der Waals surface area contributed by atoms with Crippen LogP contribution in [0.25, 0.3) is 6.08 Å². The summed E-state index contributed by atoms with van der Waals surface area (Å²) in [6, 6.07) is 5.60. The third kappa shape index (κ3) is 5.25. The molecule has 0 unspecified atom stereocenters. The van der Waals surface area contributed by atoms with Crippen LogP contribution in [0, 0.1) is 11.8 Å². The Kier molecular flexibility index (Phi) is 6.37. The van der Waals surface area contributed by atoms with Crippen molar-refractivity contribution < 1.29 is 23.8 Å². The van der Waals surface area contributed by atoms with Gasteiger partial charge < -0.3 is 19.5 Å². The maximum Gasteiger partial charge on any atom is 0.331 e. The maximum atomic E-state index is 12.1.